The standard InChI is InChI=1S/C20H24N4O4/c1-11-16-14(23-24-19(21)26)9-20(2,3)10-15(16)28-17(11)18(25)22-12-6-5-7-13(8-12)27-4/h5-8H,9-10H2,1-4H3,(H,22,25)(H3,21,24,26)/b23-14-. The minimum atomic E-state index is -0.741. The molecule has 1 aliphatic carbocycles. The Hall–Kier alpha value is -3.29. The highest BCUT2D eigenvalue weighted by atomic mass is 16.5. The van der Waals surface area contributed by atoms with E-state index in [2.05, 4.69) is 29.7 Å². The van der Waals surface area contributed by atoms with Crippen LogP contribution in [0.25, 0.3) is 0 Å². The van der Waals surface area contributed by atoms with Gasteiger partial charge in [0.2, 0.25) is 0 Å². The molecule has 2 aromatic rings. The molecule has 1 aliphatic rings. The predicted octanol–water partition coefficient (Wildman–Crippen LogP) is 3.19. The molecule has 3 rings (SSSR count). The van der Waals surface area contributed by atoms with Crippen LogP contribution < -0.4 is 21.2 Å². The number of carbonyl (C=O) groups is 2. The Kier molecular flexibility index (Phi) is 5.13. The molecule has 4 N–H and O–H groups in total. The molecule has 1 heterocycles. The fraction of sp³-hybridized carbons (Fsp3) is 0.350. The van der Waals surface area contributed by atoms with Crippen LogP contribution in [0.5, 0.6) is 5.75 Å². The van der Waals surface area contributed by atoms with Crippen molar-refractivity contribution in [2.75, 3.05) is 12.4 Å². The van der Waals surface area contributed by atoms with Crippen LogP contribution in [0.2, 0.25) is 0 Å². The largest absolute Gasteiger partial charge is 0.497 e. The number of hydrazone groups is 1. The molecule has 0 bridgehead atoms. The van der Waals surface area contributed by atoms with Crippen LogP contribution in [-0.2, 0) is 6.42 Å². The lowest BCUT2D eigenvalue weighted by atomic mass is 9.75. The van der Waals surface area contributed by atoms with E-state index in [9.17, 15) is 9.59 Å². The van der Waals surface area contributed by atoms with Crippen molar-refractivity contribution < 1.29 is 18.7 Å². The number of hydrogen-bond acceptors (Lipinski definition) is 5. The third-order valence-electron chi connectivity index (χ3n) is 4.63. The molecular formula is C20H24N4O4. The van der Waals surface area contributed by atoms with Gasteiger partial charge in [0.15, 0.2) is 5.76 Å². The lowest BCUT2D eigenvalue weighted by molar-refractivity contribution is 0.0993. The molecule has 0 radical (unpaired) electrons. The van der Waals surface area contributed by atoms with Crippen molar-refractivity contribution in [2.24, 2.45) is 16.3 Å². The molecule has 1 aromatic carbocycles. The van der Waals surface area contributed by atoms with E-state index in [1.165, 1.54) is 0 Å². The van der Waals surface area contributed by atoms with Crippen molar-refractivity contribution in [2.45, 2.75) is 33.6 Å². The number of furan rings is 1. The van der Waals surface area contributed by atoms with Crippen molar-refractivity contribution in [1.82, 2.24) is 5.43 Å². The number of anilines is 1. The van der Waals surface area contributed by atoms with Crippen molar-refractivity contribution in [3.05, 3.63) is 46.9 Å². The highest BCUT2D eigenvalue weighted by Gasteiger charge is 2.36. The average molecular weight is 384 g/mol. The number of benzene rings is 1. The number of nitrogens with zero attached hydrogens (tertiary/aromatic N) is 1. The highest BCUT2D eigenvalue weighted by Crippen LogP contribution is 2.39. The maximum atomic E-state index is 12.8. The number of amides is 3. The molecule has 0 unspecified atom stereocenters. The van der Waals surface area contributed by atoms with Gasteiger partial charge in [-0.3, -0.25) is 4.79 Å². The smallest absolute Gasteiger partial charge is 0.332 e. The van der Waals surface area contributed by atoms with Crippen LogP contribution in [0.15, 0.2) is 33.8 Å². The third-order valence-corrected chi connectivity index (χ3v) is 4.63. The molecule has 0 saturated carbocycles. The summed E-state index contributed by atoms with van der Waals surface area (Å²) < 4.78 is 11.1. The summed E-state index contributed by atoms with van der Waals surface area (Å²) in [6, 6.07) is 6.34. The highest BCUT2D eigenvalue weighted by molar-refractivity contribution is 6.09. The minimum absolute atomic E-state index is 0.129. The van der Waals surface area contributed by atoms with Crippen LogP contribution >= 0.6 is 0 Å². The SMILES string of the molecule is COc1cccc(NC(=O)c2oc3c(c2C)/C(=N\NC(N)=O)CC(C)(C)C3)c1. The first-order valence-corrected chi connectivity index (χ1v) is 8.90. The molecule has 3 amide bonds. The quantitative estimate of drug-likeness (QED) is 0.701. The molecule has 0 spiro atoms. The number of nitrogens with one attached hydrogen (secondary N) is 2. The Morgan fingerprint density at radius 3 is 2.71 bits per heavy atom. The normalized spacial score (nSPS) is 16.4. The predicted molar refractivity (Wildman–Crippen MR) is 106 cm³/mol. The Morgan fingerprint density at radius 1 is 1.29 bits per heavy atom. The molecule has 1 aromatic heterocycles. The fourth-order valence-corrected chi connectivity index (χ4v) is 3.44. The van der Waals surface area contributed by atoms with Crippen LogP contribution in [-0.4, -0.2) is 24.8 Å². The Bertz CT molecular complexity index is 959. The van der Waals surface area contributed by atoms with E-state index < -0.39 is 6.03 Å². The van der Waals surface area contributed by atoms with Crippen LogP contribution in [0.1, 0.15) is 47.7 Å². The Labute approximate surface area is 163 Å². The van der Waals surface area contributed by atoms with E-state index in [4.69, 9.17) is 14.9 Å². The maximum absolute atomic E-state index is 12.8. The first-order chi connectivity index (χ1) is 13.2. The molecule has 0 atom stereocenters. The fourth-order valence-electron chi connectivity index (χ4n) is 3.44. The summed E-state index contributed by atoms with van der Waals surface area (Å²) >= 11 is 0. The summed E-state index contributed by atoms with van der Waals surface area (Å²) in [6.45, 7) is 5.95. The van der Waals surface area contributed by atoms with E-state index in [0.29, 0.717) is 41.3 Å². The zero-order valence-electron chi connectivity index (χ0n) is 16.4. The second-order valence-corrected chi connectivity index (χ2v) is 7.59. The third kappa shape index (κ3) is 4.00. The second-order valence-electron chi connectivity index (χ2n) is 7.59. The van der Waals surface area contributed by atoms with Crippen LogP contribution in [0.3, 0.4) is 0 Å². The van der Waals surface area contributed by atoms with E-state index in [0.717, 1.165) is 5.56 Å². The minimum Gasteiger partial charge on any atom is -0.497 e. The molecule has 0 saturated heterocycles. The number of ether oxygens (including phenoxy) is 1. The van der Waals surface area contributed by atoms with E-state index >= 15 is 0 Å². The molecule has 8 nitrogen and oxygen atoms in total. The van der Waals surface area contributed by atoms with Crippen LogP contribution in [0.4, 0.5) is 10.5 Å². The van der Waals surface area contributed by atoms with Gasteiger partial charge in [0.1, 0.15) is 11.5 Å². The van der Waals surface area contributed by atoms with Gasteiger partial charge in [-0.1, -0.05) is 19.9 Å². The number of hydrogen-bond donors (Lipinski definition) is 3. The van der Waals surface area contributed by atoms with Gasteiger partial charge in [-0.2, -0.15) is 5.10 Å². The van der Waals surface area contributed by atoms with Gasteiger partial charge in [-0.05, 0) is 30.9 Å². The van der Waals surface area contributed by atoms with Gasteiger partial charge in [-0.25, -0.2) is 10.2 Å². The zero-order valence-corrected chi connectivity index (χ0v) is 16.4. The first-order valence-electron chi connectivity index (χ1n) is 8.90. The first kappa shape index (κ1) is 19.5. The van der Waals surface area contributed by atoms with Crippen molar-refractivity contribution in [3.63, 3.8) is 0 Å². The number of methoxy groups -OCH3 is 1. The van der Waals surface area contributed by atoms with Crippen molar-refractivity contribution in [3.8, 4) is 5.75 Å². The summed E-state index contributed by atoms with van der Waals surface area (Å²) in [7, 11) is 1.56. The Balaban J connectivity index is 1.95. The lowest BCUT2D eigenvalue weighted by Crippen LogP contribution is -2.31. The molecule has 8 heteroatoms. The molecular weight excluding hydrogens is 360 g/mol. The number of nitrogens with two attached hydrogens (primary N) is 1. The number of carbonyl (C=O) groups excluding carboxylic acids is 2. The van der Waals surface area contributed by atoms with Gasteiger partial charge in [-0.15, -0.1) is 0 Å². The number of fused-ring (bicyclic) bond motifs is 1. The summed E-state index contributed by atoms with van der Waals surface area (Å²) in [5.41, 5.74) is 9.97. The summed E-state index contributed by atoms with van der Waals surface area (Å²) in [5, 5.41) is 6.97. The number of primary amides is 1. The molecule has 0 fully saturated rings. The van der Waals surface area contributed by atoms with E-state index in [-0.39, 0.29) is 17.1 Å². The summed E-state index contributed by atoms with van der Waals surface area (Å²) in [4.78, 5) is 23.9. The van der Waals surface area contributed by atoms with E-state index in [1.54, 1.807) is 38.3 Å². The molecule has 148 valence electrons. The molecule has 0 aliphatic heterocycles. The van der Waals surface area contributed by atoms with Gasteiger partial charge in [0.25, 0.3) is 5.91 Å². The Morgan fingerprint density at radius 2 is 2.04 bits per heavy atom. The second kappa shape index (κ2) is 7.38. The van der Waals surface area contributed by atoms with Crippen molar-refractivity contribution in [1.29, 1.82) is 0 Å². The number of rotatable bonds is 4. The molecule has 28 heavy (non-hydrogen) atoms. The zero-order chi connectivity index (χ0) is 20.5. The number of urea groups is 1. The van der Waals surface area contributed by atoms with Crippen molar-refractivity contribution >= 4 is 23.3 Å². The topological polar surface area (TPSA) is 119 Å². The van der Waals surface area contributed by atoms with Gasteiger partial charge < -0.3 is 20.2 Å². The lowest BCUT2D eigenvalue weighted by Gasteiger charge is -2.29. The van der Waals surface area contributed by atoms with Gasteiger partial charge in [0, 0.05) is 29.3 Å². The van der Waals surface area contributed by atoms with Crippen LogP contribution in [0, 0.1) is 12.3 Å². The van der Waals surface area contributed by atoms with Gasteiger partial charge >= 0.3 is 6.03 Å². The monoisotopic (exact) mass is 384 g/mol. The summed E-state index contributed by atoms with van der Waals surface area (Å²) in [6.07, 6.45) is 1.28. The summed E-state index contributed by atoms with van der Waals surface area (Å²) in [5.74, 6) is 1.17. The van der Waals surface area contributed by atoms with Gasteiger partial charge in [0.05, 0.1) is 12.8 Å². The maximum Gasteiger partial charge on any atom is 0.332 e. The average Bonchev–Trinajstić information content (AvgIpc) is 2.95. The van der Waals surface area contributed by atoms with E-state index in [1.807, 2.05) is 0 Å².